The van der Waals surface area contributed by atoms with E-state index in [0.29, 0.717) is 18.3 Å². The van der Waals surface area contributed by atoms with Gasteiger partial charge in [-0.2, -0.15) is 0 Å². The summed E-state index contributed by atoms with van der Waals surface area (Å²) in [5, 5.41) is 11.6. The van der Waals surface area contributed by atoms with Crippen molar-refractivity contribution in [2.45, 2.75) is 51.1 Å². The number of nitrogens with one attached hydrogen (secondary N) is 1. The number of rotatable bonds is 7. The van der Waals surface area contributed by atoms with Crippen LogP contribution >= 0.6 is 0 Å². The van der Waals surface area contributed by atoms with Gasteiger partial charge in [-0.15, -0.1) is 0 Å². The lowest BCUT2D eigenvalue weighted by atomic mass is 10.0. The van der Waals surface area contributed by atoms with E-state index in [-0.39, 0.29) is 30.2 Å². The van der Waals surface area contributed by atoms with E-state index in [1.165, 1.54) is 0 Å². The first-order valence-electron chi connectivity index (χ1n) is 9.48. The van der Waals surface area contributed by atoms with E-state index in [1.54, 1.807) is 24.3 Å². The number of carbonyl (C=O) groups is 3. The summed E-state index contributed by atoms with van der Waals surface area (Å²) in [4.78, 5) is 37.3. The molecule has 7 nitrogen and oxygen atoms in total. The molecular weight excluding hydrogens is 348 g/mol. The molecule has 27 heavy (non-hydrogen) atoms. The third kappa shape index (κ3) is 4.78. The number of hydrogen-bond donors (Lipinski definition) is 2. The first kappa shape index (κ1) is 19.2. The van der Waals surface area contributed by atoms with Crippen LogP contribution in [0.5, 0.6) is 5.75 Å². The predicted octanol–water partition coefficient (Wildman–Crippen LogP) is 2.12. The topological polar surface area (TPSA) is 95.9 Å². The summed E-state index contributed by atoms with van der Waals surface area (Å²) in [5.41, 5.74) is 0.892. The smallest absolute Gasteiger partial charge is 0.341 e. The van der Waals surface area contributed by atoms with E-state index in [9.17, 15) is 14.4 Å². The van der Waals surface area contributed by atoms with Crippen LogP contribution in [0.15, 0.2) is 24.3 Å². The third-order valence-electron chi connectivity index (χ3n) is 5.40. The van der Waals surface area contributed by atoms with Gasteiger partial charge >= 0.3 is 5.97 Å². The second-order valence-corrected chi connectivity index (χ2v) is 7.37. The quantitative estimate of drug-likeness (QED) is 0.762. The molecule has 7 heteroatoms. The molecule has 2 fully saturated rings. The number of hydrogen-bond acceptors (Lipinski definition) is 4. The van der Waals surface area contributed by atoms with Crippen molar-refractivity contribution in [2.75, 3.05) is 13.2 Å². The molecule has 2 atom stereocenters. The molecule has 1 aliphatic carbocycles. The van der Waals surface area contributed by atoms with E-state index in [1.807, 2.05) is 11.8 Å². The third-order valence-corrected chi connectivity index (χ3v) is 5.40. The lowest BCUT2D eigenvalue weighted by Gasteiger charge is -2.24. The van der Waals surface area contributed by atoms with Crippen molar-refractivity contribution < 1.29 is 24.2 Å². The van der Waals surface area contributed by atoms with Crippen LogP contribution in [0.4, 0.5) is 0 Å². The number of benzene rings is 1. The van der Waals surface area contributed by atoms with Crippen LogP contribution in [-0.4, -0.2) is 47.0 Å². The van der Waals surface area contributed by atoms with Crippen LogP contribution in [0.1, 0.15) is 50.6 Å². The lowest BCUT2D eigenvalue weighted by Crippen LogP contribution is -2.37. The van der Waals surface area contributed by atoms with E-state index >= 15 is 0 Å². The zero-order chi connectivity index (χ0) is 19.4. The summed E-state index contributed by atoms with van der Waals surface area (Å²) in [6.07, 6.45) is 4.71. The minimum absolute atomic E-state index is 0.0923. The molecule has 0 bridgehead atoms. The molecule has 2 N–H and O–H groups in total. The monoisotopic (exact) mass is 374 g/mol. The molecule has 0 radical (unpaired) electrons. The van der Waals surface area contributed by atoms with Gasteiger partial charge in [0.05, 0.1) is 12.0 Å². The molecule has 0 spiro atoms. The fraction of sp³-hybridized carbons (Fsp3) is 0.550. The average molecular weight is 374 g/mol. The second kappa shape index (κ2) is 8.41. The molecule has 1 aromatic rings. The Morgan fingerprint density at radius 1 is 1.26 bits per heavy atom. The Labute approximate surface area is 158 Å². The fourth-order valence-corrected chi connectivity index (χ4v) is 3.89. The van der Waals surface area contributed by atoms with Gasteiger partial charge in [-0.3, -0.25) is 9.59 Å². The van der Waals surface area contributed by atoms with E-state index in [0.717, 1.165) is 31.2 Å². The van der Waals surface area contributed by atoms with Crippen LogP contribution in [0.25, 0.3) is 0 Å². The molecule has 1 saturated carbocycles. The lowest BCUT2D eigenvalue weighted by molar-refractivity contribution is -0.139. The van der Waals surface area contributed by atoms with Gasteiger partial charge in [-0.25, -0.2) is 4.79 Å². The number of amides is 2. The number of likely N-dealkylation sites (tertiary alicyclic amines) is 1. The van der Waals surface area contributed by atoms with Crippen molar-refractivity contribution in [1.82, 2.24) is 10.2 Å². The Morgan fingerprint density at radius 3 is 2.56 bits per heavy atom. The highest BCUT2D eigenvalue weighted by Crippen LogP contribution is 2.30. The minimum Gasteiger partial charge on any atom is -0.482 e. The number of carboxylic acid groups (broad SMARTS) is 1. The molecule has 1 aromatic carbocycles. The number of aliphatic carboxylic acids is 1. The Balaban J connectivity index is 1.53. The van der Waals surface area contributed by atoms with Crippen molar-refractivity contribution in [1.29, 1.82) is 0 Å². The van der Waals surface area contributed by atoms with Gasteiger partial charge in [0.25, 0.3) is 0 Å². The van der Waals surface area contributed by atoms with Gasteiger partial charge in [-0.1, -0.05) is 25.0 Å². The van der Waals surface area contributed by atoms with Gasteiger partial charge in [0.15, 0.2) is 6.61 Å². The zero-order valence-corrected chi connectivity index (χ0v) is 15.5. The molecule has 2 amide bonds. The van der Waals surface area contributed by atoms with Gasteiger partial charge in [0.1, 0.15) is 5.75 Å². The van der Waals surface area contributed by atoms with Crippen LogP contribution in [0.3, 0.4) is 0 Å². The molecule has 1 aliphatic heterocycles. The van der Waals surface area contributed by atoms with Crippen molar-refractivity contribution in [2.24, 2.45) is 5.92 Å². The summed E-state index contributed by atoms with van der Waals surface area (Å²) >= 11 is 0. The molecule has 3 rings (SSSR count). The Morgan fingerprint density at radius 2 is 1.93 bits per heavy atom. The molecular formula is C20H26N2O5. The number of nitrogens with zero attached hydrogens (tertiary/aromatic N) is 1. The Kier molecular flexibility index (Phi) is 5.98. The van der Waals surface area contributed by atoms with Crippen LogP contribution in [0, 0.1) is 5.92 Å². The van der Waals surface area contributed by atoms with Crippen LogP contribution in [-0.2, 0) is 14.4 Å². The number of carboxylic acids is 1. The number of carbonyl (C=O) groups excluding carboxylic acids is 2. The van der Waals surface area contributed by atoms with E-state index < -0.39 is 12.6 Å². The van der Waals surface area contributed by atoms with Crippen molar-refractivity contribution in [3.05, 3.63) is 29.8 Å². The van der Waals surface area contributed by atoms with Crippen LogP contribution in [0.2, 0.25) is 0 Å². The summed E-state index contributed by atoms with van der Waals surface area (Å²) in [6.45, 7) is 2.01. The van der Waals surface area contributed by atoms with Crippen LogP contribution < -0.4 is 10.1 Å². The van der Waals surface area contributed by atoms with E-state index in [4.69, 9.17) is 9.84 Å². The molecule has 1 heterocycles. The molecule has 1 saturated heterocycles. The molecule has 2 aliphatic rings. The van der Waals surface area contributed by atoms with Gasteiger partial charge in [-0.05, 0) is 37.5 Å². The maximum atomic E-state index is 12.6. The van der Waals surface area contributed by atoms with Crippen molar-refractivity contribution in [3.63, 3.8) is 0 Å². The average Bonchev–Trinajstić information content (AvgIpc) is 3.29. The Hall–Kier alpha value is -2.57. The second-order valence-electron chi connectivity index (χ2n) is 7.37. The zero-order valence-electron chi connectivity index (χ0n) is 15.5. The highest BCUT2D eigenvalue weighted by Gasteiger charge is 2.38. The van der Waals surface area contributed by atoms with Gasteiger partial charge < -0.3 is 20.1 Å². The molecule has 2 unspecified atom stereocenters. The first-order chi connectivity index (χ1) is 12.9. The highest BCUT2D eigenvalue weighted by atomic mass is 16.5. The molecule has 0 aromatic heterocycles. The standard InChI is InChI=1S/C20H26N2O5/c1-13(14-6-8-17(9-7-14)27-12-19(24)25)21-20(26)15-10-18(23)22(11-15)16-4-2-3-5-16/h6-9,13,15-16H,2-5,10-12H2,1H3,(H,21,26)(H,24,25). The molecule has 146 valence electrons. The summed E-state index contributed by atoms with van der Waals surface area (Å²) in [5.74, 6) is -0.860. The summed E-state index contributed by atoms with van der Waals surface area (Å²) in [6, 6.07) is 7.07. The number of ether oxygens (including phenoxy) is 1. The maximum absolute atomic E-state index is 12.6. The highest BCUT2D eigenvalue weighted by molar-refractivity contribution is 5.89. The maximum Gasteiger partial charge on any atom is 0.341 e. The van der Waals surface area contributed by atoms with Gasteiger partial charge in [0.2, 0.25) is 11.8 Å². The first-order valence-corrected chi connectivity index (χ1v) is 9.48. The largest absolute Gasteiger partial charge is 0.482 e. The minimum atomic E-state index is -1.03. The fourth-order valence-electron chi connectivity index (χ4n) is 3.89. The summed E-state index contributed by atoms with van der Waals surface area (Å²) in [7, 11) is 0. The van der Waals surface area contributed by atoms with E-state index in [2.05, 4.69) is 5.32 Å². The predicted molar refractivity (Wildman–Crippen MR) is 98.2 cm³/mol. The Bertz CT molecular complexity index is 697. The van der Waals surface area contributed by atoms with Crippen molar-refractivity contribution in [3.8, 4) is 5.75 Å². The normalized spacial score (nSPS) is 21.3. The van der Waals surface area contributed by atoms with Gasteiger partial charge in [0, 0.05) is 19.0 Å². The van der Waals surface area contributed by atoms with Crippen molar-refractivity contribution >= 4 is 17.8 Å². The SMILES string of the molecule is CC(NC(=O)C1CC(=O)N(C2CCCC2)C1)c1ccc(OCC(=O)O)cc1. The summed E-state index contributed by atoms with van der Waals surface area (Å²) < 4.78 is 5.11.